The van der Waals surface area contributed by atoms with E-state index in [2.05, 4.69) is 17.1 Å². The van der Waals surface area contributed by atoms with E-state index in [0.29, 0.717) is 17.0 Å². The minimum absolute atomic E-state index is 0.124. The molecule has 0 radical (unpaired) electrons. The molecule has 3 rings (SSSR count). The van der Waals surface area contributed by atoms with Crippen LogP contribution in [-0.2, 0) is 0 Å². The quantitative estimate of drug-likeness (QED) is 0.762. The first kappa shape index (κ1) is 11.6. The van der Waals surface area contributed by atoms with Crippen LogP contribution in [0, 0.1) is 12.3 Å². The molecular weight excluding hydrogens is 226 g/mol. The first-order valence-corrected chi connectivity index (χ1v) is 6.71. The molecular formula is C14H19N3O. The molecule has 1 saturated carbocycles. The van der Waals surface area contributed by atoms with Crippen molar-refractivity contribution in [3.8, 4) is 0 Å². The number of nitrogens with zero attached hydrogens (tertiary/aromatic N) is 3. The van der Waals surface area contributed by atoms with Crippen LogP contribution in [0.1, 0.15) is 48.7 Å². The van der Waals surface area contributed by atoms with Crippen molar-refractivity contribution in [3.63, 3.8) is 0 Å². The maximum Gasteiger partial charge on any atom is 0.256 e. The number of carbonyl (C=O) groups is 1. The summed E-state index contributed by atoms with van der Waals surface area (Å²) in [6.45, 7) is 4.93. The van der Waals surface area contributed by atoms with Crippen LogP contribution in [0.25, 0.3) is 0 Å². The lowest BCUT2D eigenvalue weighted by Gasteiger charge is -2.37. The molecule has 0 aromatic carbocycles. The second kappa shape index (κ2) is 4.04. The molecule has 96 valence electrons. The van der Waals surface area contributed by atoms with E-state index in [1.807, 2.05) is 11.8 Å². The van der Waals surface area contributed by atoms with Crippen molar-refractivity contribution < 1.29 is 4.79 Å². The summed E-state index contributed by atoms with van der Waals surface area (Å²) in [6.07, 6.45) is 6.66. The summed E-state index contributed by atoms with van der Waals surface area (Å²) in [5, 5.41) is 7.78. The zero-order valence-corrected chi connectivity index (χ0v) is 11.0. The Labute approximate surface area is 107 Å². The Hall–Kier alpha value is -1.45. The number of carbonyl (C=O) groups excluding carboxylic acids is 1. The third-order valence-corrected chi connectivity index (χ3v) is 4.58. The minimum Gasteiger partial charge on any atom is -0.335 e. The van der Waals surface area contributed by atoms with E-state index in [9.17, 15) is 4.79 Å². The van der Waals surface area contributed by atoms with E-state index >= 15 is 0 Å². The lowest BCUT2D eigenvalue weighted by atomic mass is 9.68. The second-order valence-corrected chi connectivity index (χ2v) is 5.87. The number of aromatic nitrogens is 2. The highest BCUT2D eigenvalue weighted by Crippen LogP contribution is 2.50. The van der Waals surface area contributed by atoms with E-state index in [0.717, 1.165) is 18.7 Å². The molecule has 1 aromatic heterocycles. The average molecular weight is 245 g/mol. The van der Waals surface area contributed by atoms with Crippen LogP contribution in [0.2, 0.25) is 0 Å². The first-order chi connectivity index (χ1) is 8.61. The predicted octanol–water partition coefficient (Wildman–Crippen LogP) is 2.19. The molecule has 1 saturated heterocycles. The topological polar surface area (TPSA) is 46.1 Å². The monoisotopic (exact) mass is 245 g/mol. The Morgan fingerprint density at radius 3 is 2.83 bits per heavy atom. The standard InChI is InChI=1S/C14H19N3O/c1-10-8-14(5-3-6-14)9-17(10)13(18)12-4-7-15-16-11(12)2/h4,7,10H,3,5-6,8-9H2,1-2H3/t10-/m1/s1. The fourth-order valence-electron chi connectivity index (χ4n) is 3.41. The van der Waals surface area contributed by atoms with Crippen LogP contribution in [0.3, 0.4) is 0 Å². The maximum absolute atomic E-state index is 12.6. The molecule has 1 aliphatic heterocycles. The number of hydrogen-bond acceptors (Lipinski definition) is 3. The van der Waals surface area contributed by atoms with Crippen molar-refractivity contribution in [2.75, 3.05) is 6.54 Å². The number of rotatable bonds is 1. The van der Waals surface area contributed by atoms with Crippen LogP contribution < -0.4 is 0 Å². The molecule has 2 heterocycles. The molecule has 4 nitrogen and oxygen atoms in total. The van der Waals surface area contributed by atoms with Crippen LogP contribution in [0.15, 0.2) is 12.3 Å². The van der Waals surface area contributed by atoms with Crippen LogP contribution in [0.5, 0.6) is 0 Å². The Kier molecular flexibility index (Phi) is 2.61. The normalized spacial score (nSPS) is 25.2. The maximum atomic E-state index is 12.6. The zero-order chi connectivity index (χ0) is 12.8. The summed E-state index contributed by atoms with van der Waals surface area (Å²) in [5.41, 5.74) is 1.86. The molecule has 1 aromatic rings. The highest BCUT2D eigenvalue weighted by Gasteiger charge is 2.47. The van der Waals surface area contributed by atoms with E-state index < -0.39 is 0 Å². The minimum atomic E-state index is 0.124. The molecule has 2 aliphatic rings. The number of likely N-dealkylation sites (tertiary alicyclic amines) is 1. The summed E-state index contributed by atoms with van der Waals surface area (Å²) in [6, 6.07) is 2.13. The van der Waals surface area contributed by atoms with Gasteiger partial charge in [-0.15, -0.1) is 0 Å². The van der Waals surface area contributed by atoms with Crippen LogP contribution >= 0.6 is 0 Å². The molecule has 2 fully saturated rings. The van der Waals surface area contributed by atoms with Crippen molar-refractivity contribution in [1.29, 1.82) is 0 Å². The lowest BCUT2D eigenvalue weighted by molar-refractivity contribution is 0.0699. The van der Waals surface area contributed by atoms with Gasteiger partial charge in [-0.25, -0.2) is 0 Å². The molecule has 18 heavy (non-hydrogen) atoms. The molecule has 1 aliphatic carbocycles. The summed E-state index contributed by atoms with van der Waals surface area (Å²) in [5.74, 6) is 0.124. The number of amides is 1. The third-order valence-electron chi connectivity index (χ3n) is 4.58. The summed E-state index contributed by atoms with van der Waals surface area (Å²) in [7, 11) is 0. The summed E-state index contributed by atoms with van der Waals surface area (Å²) >= 11 is 0. The van der Waals surface area contributed by atoms with Gasteiger partial charge in [-0.1, -0.05) is 6.42 Å². The van der Waals surface area contributed by atoms with Crippen molar-refractivity contribution in [2.45, 2.75) is 45.6 Å². The van der Waals surface area contributed by atoms with Gasteiger partial charge < -0.3 is 4.90 Å². The Bertz CT molecular complexity index is 482. The fourth-order valence-corrected chi connectivity index (χ4v) is 3.41. The van der Waals surface area contributed by atoms with Gasteiger partial charge in [0.25, 0.3) is 5.91 Å². The highest BCUT2D eigenvalue weighted by molar-refractivity contribution is 5.95. The molecule has 4 heteroatoms. The molecule has 0 bridgehead atoms. The van der Waals surface area contributed by atoms with Gasteiger partial charge in [0.1, 0.15) is 0 Å². The van der Waals surface area contributed by atoms with Gasteiger partial charge in [-0.3, -0.25) is 4.79 Å². The SMILES string of the molecule is Cc1nnccc1C(=O)N1CC2(CCC2)C[C@H]1C. The van der Waals surface area contributed by atoms with Gasteiger partial charge in [-0.2, -0.15) is 10.2 Å². The van der Waals surface area contributed by atoms with Crippen LogP contribution in [0.4, 0.5) is 0 Å². The average Bonchev–Trinajstić information content (AvgIpc) is 2.67. The Morgan fingerprint density at radius 1 is 1.50 bits per heavy atom. The van der Waals surface area contributed by atoms with E-state index in [1.165, 1.54) is 19.3 Å². The first-order valence-electron chi connectivity index (χ1n) is 6.71. The van der Waals surface area contributed by atoms with Crippen LogP contribution in [-0.4, -0.2) is 33.6 Å². The summed E-state index contributed by atoms with van der Waals surface area (Å²) < 4.78 is 0. The zero-order valence-electron chi connectivity index (χ0n) is 11.0. The Balaban J connectivity index is 1.83. The van der Waals surface area contributed by atoms with Crippen molar-refractivity contribution in [2.24, 2.45) is 5.41 Å². The van der Waals surface area contributed by atoms with E-state index in [1.54, 1.807) is 12.3 Å². The van der Waals surface area contributed by atoms with Crippen molar-refractivity contribution in [3.05, 3.63) is 23.5 Å². The van der Waals surface area contributed by atoms with Crippen molar-refractivity contribution >= 4 is 5.91 Å². The molecule has 1 atom stereocenters. The van der Waals surface area contributed by atoms with Gasteiger partial charge in [0, 0.05) is 12.6 Å². The molecule has 1 amide bonds. The van der Waals surface area contributed by atoms with Gasteiger partial charge >= 0.3 is 0 Å². The van der Waals surface area contributed by atoms with Gasteiger partial charge in [0.15, 0.2) is 0 Å². The van der Waals surface area contributed by atoms with Crippen molar-refractivity contribution in [1.82, 2.24) is 15.1 Å². The van der Waals surface area contributed by atoms with E-state index in [4.69, 9.17) is 0 Å². The van der Waals surface area contributed by atoms with Gasteiger partial charge in [0.2, 0.25) is 0 Å². The van der Waals surface area contributed by atoms with E-state index in [-0.39, 0.29) is 5.91 Å². The molecule has 0 unspecified atom stereocenters. The van der Waals surface area contributed by atoms with Gasteiger partial charge in [-0.05, 0) is 44.6 Å². The largest absolute Gasteiger partial charge is 0.335 e. The number of hydrogen-bond donors (Lipinski definition) is 0. The smallest absolute Gasteiger partial charge is 0.256 e. The lowest BCUT2D eigenvalue weighted by Crippen LogP contribution is -2.37. The predicted molar refractivity (Wildman–Crippen MR) is 68.2 cm³/mol. The molecule has 0 N–H and O–H groups in total. The molecule has 1 spiro atoms. The fraction of sp³-hybridized carbons (Fsp3) is 0.643. The third kappa shape index (κ3) is 1.71. The van der Waals surface area contributed by atoms with Gasteiger partial charge in [0.05, 0.1) is 17.5 Å². The number of aryl methyl sites for hydroxylation is 1. The Morgan fingerprint density at radius 2 is 2.28 bits per heavy atom. The second-order valence-electron chi connectivity index (χ2n) is 5.87. The highest BCUT2D eigenvalue weighted by atomic mass is 16.2. The summed E-state index contributed by atoms with van der Waals surface area (Å²) in [4.78, 5) is 14.6.